The maximum atomic E-state index is 4.72. The number of hydrogen-bond donors (Lipinski definition) is 0. The Morgan fingerprint density at radius 3 is 2.57 bits per heavy atom. The van der Waals surface area contributed by atoms with Gasteiger partial charge >= 0.3 is 0 Å². The SMILES string of the molecule is C=N/C=C(\C)OC. The van der Waals surface area contributed by atoms with E-state index in [2.05, 4.69) is 11.7 Å². The van der Waals surface area contributed by atoms with Crippen molar-refractivity contribution in [3.8, 4) is 0 Å². The lowest BCUT2D eigenvalue weighted by Crippen LogP contribution is -1.74. The Morgan fingerprint density at radius 2 is 2.43 bits per heavy atom. The molecule has 2 heteroatoms. The molecular weight excluding hydrogens is 90.1 g/mol. The molecule has 0 aliphatic rings. The van der Waals surface area contributed by atoms with E-state index in [0.29, 0.717) is 0 Å². The minimum absolute atomic E-state index is 0.773. The van der Waals surface area contributed by atoms with E-state index in [9.17, 15) is 0 Å². The summed E-state index contributed by atoms with van der Waals surface area (Å²) < 4.78 is 4.72. The second-order valence-electron chi connectivity index (χ2n) is 1.13. The first-order valence-electron chi connectivity index (χ1n) is 1.98. The Labute approximate surface area is 43.5 Å². The fourth-order valence-corrected chi connectivity index (χ4v) is 0.181. The Morgan fingerprint density at radius 1 is 1.86 bits per heavy atom. The maximum absolute atomic E-state index is 4.72. The van der Waals surface area contributed by atoms with Gasteiger partial charge < -0.3 is 4.74 Å². The second-order valence-corrected chi connectivity index (χ2v) is 1.13. The lowest BCUT2D eigenvalue weighted by atomic mass is 10.6. The van der Waals surface area contributed by atoms with Crippen LogP contribution >= 0.6 is 0 Å². The standard InChI is InChI=1S/C5H9NO/c1-5(7-3)4-6-2/h4H,2H2,1,3H3/b5-4+. The summed E-state index contributed by atoms with van der Waals surface area (Å²) in [5, 5.41) is 0. The number of methoxy groups -OCH3 is 1. The molecular formula is C5H9NO. The van der Waals surface area contributed by atoms with Crippen LogP contribution in [0.1, 0.15) is 6.92 Å². The fourth-order valence-electron chi connectivity index (χ4n) is 0.181. The number of hydrogen-bond acceptors (Lipinski definition) is 2. The highest BCUT2D eigenvalue weighted by atomic mass is 16.5. The minimum Gasteiger partial charge on any atom is -0.500 e. The zero-order valence-electron chi connectivity index (χ0n) is 4.64. The predicted molar refractivity (Wildman–Crippen MR) is 30.3 cm³/mol. The number of rotatable bonds is 2. The van der Waals surface area contributed by atoms with E-state index in [1.807, 2.05) is 6.92 Å². The summed E-state index contributed by atoms with van der Waals surface area (Å²) in [5.41, 5.74) is 0. The molecule has 0 unspecified atom stereocenters. The van der Waals surface area contributed by atoms with E-state index in [-0.39, 0.29) is 0 Å². The van der Waals surface area contributed by atoms with Crippen LogP contribution in [0.5, 0.6) is 0 Å². The van der Waals surface area contributed by atoms with E-state index < -0.39 is 0 Å². The average Bonchev–Trinajstić information content (AvgIpc) is 1.68. The van der Waals surface area contributed by atoms with Gasteiger partial charge in [0.2, 0.25) is 0 Å². The molecule has 40 valence electrons. The molecule has 0 aromatic rings. The third kappa shape index (κ3) is 3.03. The topological polar surface area (TPSA) is 21.6 Å². The maximum Gasteiger partial charge on any atom is 0.111 e. The molecule has 0 atom stereocenters. The van der Waals surface area contributed by atoms with Gasteiger partial charge in [0.05, 0.1) is 13.3 Å². The Balaban J connectivity index is 3.49. The van der Waals surface area contributed by atoms with Gasteiger partial charge in [0, 0.05) is 0 Å². The second kappa shape index (κ2) is 3.40. The predicted octanol–water partition coefficient (Wildman–Crippen LogP) is 1.19. The lowest BCUT2D eigenvalue weighted by Gasteiger charge is -1.91. The Hall–Kier alpha value is -0.790. The summed E-state index contributed by atoms with van der Waals surface area (Å²) in [6.07, 6.45) is 1.56. The lowest BCUT2D eigenvalue weighted by molar-refractivity contribution is 0.292. The van der Waals surface area contributed by atoms with Crippen molar-refractivity contribution in [2.45, 2.75) is 6.92 Å². The molecule has 0 heterocycles. The number of aliphatic imine (C=N–C) groups is 1. The highest BCUT2D eigenvalue weighted by Gasteiger charge is 1.75. The fraction of sp³-hybridized carbons (Fsp3) is 0.400. The number of allylic oxidation sites excluding steroid dienone is 1. The first-order chi connectivity index (χ1) is 3.31. The molecule has 0 bridgehead atoms. The highest BCUT2D eigenvalue weighted by molar-refractivity contribution is 5.25. The monoisotopic (exact) mass is 99.1 g/mol. The van der Waals surface area contributed by atoms with Gasteiger partial charge in [-0.1, -0.05) is 0 Å². The normalized spacial score (nSPS) is 10.9. The summed E-state index contributed by atoms with van der Waals surface area (Å²) in [4.78, 5) is 3.47. The molecule has 2 nitrogen and oxygen atoms in total. The quantitative estimate of drug-likeness (QED) is 0.376. The molecule has 0 saturated carbocycles. The van der Waals surface area contributed by atoms with E-state index in [1.54, 1.807) is 13.3 Å². The van der Waals surface area contributed by atoms with Crippen LogP contribution in [-0.2, 0) is 4.74 Å². The summed E-state index contributed by atoms with van der Waals surface area (Å²) in [6.45, 7) is 5.06. The van der Waals surface area contributed by atoms with Crippen molar-refractivity contribution in [3.05, 3.63) is 12.0 Å². The van der Waals surface area contributed by atoms with E-state index in [0.717, 1.165) is 5.76 Å². The van der Waals surface area contributed by atoms with Crippen LogP contribution in [0, 0.1) is 0 Å². The van der Waals surface area contributed by atoms with Crippen molar-refractivity contribution in [2.75, 3.05) is 7.11 Å². The van der Waals surface area contributed by atoms with Crippen molar-refractivity contribution >= 4 is 6.72 Å². The highest BCUT2D eigenvalue weighted by Crippen LogP contribution is 1.89. The Kier molecular flexibility index (Phi) is 3.02. The number of ether oxygens (including phenoxy) is 1. The van der Waals surface area contributed by atoms with E-state index in [1.165, 1.54) is 0 Å². The molecule has 0 aromatic heterocycles. The van der Waals surface area contributed by atoms with E-state index >= 15 is 0 Å². The van der Waals surface area contributed by atoms with Crippen molar-refractivity contribution in [3.63, 3.8) is 0 Å². The van der Waals surface area contributed by atoms with Gasteiger partial charge in [-0.2, -0.15) is 0 Å². The van der Waals surface area contributed by atoms with Gasteiger partial charge in [0.25, 0.3) is 0 Å². The van der Waals surface area contributed by atoms with Crippen LogP contribution in [0.4, 0.5) is 0 Å². The van der Waals surface area contributed by atoms with Crippen LogP contribution in [0.15, 0.2) is 17.0 Å². The van der Waals surface area contributed by atoms with Crippen molar-refractivity contribution in [2.24, 2.45) is 4.99 Å². The van der Waals surface area contributed by atoms with Crippen LogP contribution < -0.4 is 0 Å². The first-order valence-corrected chi connectivity index (χ1v) is 1.98. The molecule has 0 N–H and O–H groups in total. The molecule has 0 spiro atoms. The van der Waals surface area contributed by atoms with Crippen molar-refractivity contribution in [1.29, 1.82) is 0 Å². The molecule has 0 aliphatic heterocycles. The van der Waals surface area contributed by atoms with E-state index in [4.69, 9.17) is 4.74 Å². The van der Waals surface area contributed by atoms with Crippen LogP contribution in [0.3, 0.4) is 0 Å². The van der Waals surface area contributed by atoms with Gasteiger partial charge in [-0.15, -0.1) is 0 Å². The molecule has 0 radical (unpaired) electrons. The number of nitrogens with zero attached hydrogens (tertiary/aromatic N) is 1. The van der Waals surface area contributed by atoms with Gasteiger partial charge in [-0.05, 0) is 13.6 Å². The molecule has 0 fully saturated rings. The summed E-state index contributed by atoms with van der Waals surface area (Å²) in [5.74, 6) is 0.773. The largest absolute Gasteiger partial charge is 0.500 e. The zero-order chi connectivity index (χ0) is 5.70. The molecule has 0 saturated heterocycles. The van der Waals surface area contributed by atoms with Gasteiger partial charge in [-0.3, -0.25) is 4.99 Å². The zero-order valence-corrected chi connectivity index (χ0v) is 4.64. The molecule has 0 aromatic carbocycles. The average molecular weight is 99.1 g/mol. The van der Waals surface area contributed by atoms with Gasteiger partial charge in [0.15, 0.2) is 0 Å². The summed E-state index contributed by atoms with van der Waals surface area (Å²) >= 11 is 0. The summed E-state index contributed by atoms with van der Waals surface area (Å²) in [6, 6.07) is 0. The molecule has 0 aliphatic carbocycles. The first kappa shape index (κ1) is 6.21. The van der Waals surface area contributed by atoms with Crippen molar-refractivity contribution in [1.82, 2.24) is 0 Å². The van der Waals surface area contributed by atoms with Crippen LogP contribution in [0.2, 0.25) is 0 Å². The smallest absolute Gasteiger partial charge is 0.111 e. The Bertz CT molecular complexity index is 86.1. The van der Waals surface area contributed by atoms with Crippen LogP contribution in [0.25, 0.3) is 0 Å². The van der Waals surface area contributed by atoms with Gasteiger partial charge in [-0.25, -0.2) is 0 Å². The minimum atomic E-state index is 0.773. The van der Waals surface area contributed by atoms with Crippen LogP contribution in [-0.4, -0.2) is 13.8 Å². The van der Waals surface area contributed by atoms with Crippen molar-refractivity contribution < 1.29 is 4.74 Å². The third-order valence-electron chi connectivity index (χ3n) is 0.595. The van der Waals surface area contributed by atoms with Gasteiger partial charge in [0.1, 0.15) is 5.76 Å². The third-order valence-corrected chi connectivity index (χ3v) is 0.595. The molecule has 7 heavy (non-hydrogen) atoms. The molecule has 0 rings (SSSR count). The molecule has 0 amide bonds. The summed E-state index contributed by atoms with van der Waals surface area (Å²) in [7, 11) is 1.59.